The van der Waals surface area contributed by atoms with Crippen LogP contribution in [0.1, 0.15) is 18.9 Å². The fourth-order valence-electron chi connectivity index (χ4n) is 2.83. The molecule has 2 N–H and O–H groups in total. The van der Waals surface area contributed by atoms with Gasteiger partial charge in [-0.3, -0.25) is 18.9 Å². The SMILES string of the molecule is O=C(O)Cn1c(=O)n(C2CCNCC2)c2cnccc21. The summed E-state index contributed by atoms with van der Waals surface area (Å²) in [4.78, 5) is 27.6. The number of hydrogen-bond donors (Lipinski definition) is 2. The standard InChI is InChI=1S/C13H16N4O3/c18-12(19)8-16-10-3-6-15-7-11(10)17(13(16)20)9-1-4-14-5-2-9/h3,6-7,9,14H,1-2,4-5,8H2,(H,18,19). The van der Waals surface area contributed by atoms with Crippen LogP contribution in [0, 0.1) is 0 Å². The van der Waals surface area contributed by atoms with E-state index in [1.54, 1.807) is 23.0 Å². The largest absolute Gasteiger partial charge is 0.480 e. The molecule has 0 saturated carbocycles. The van der Waals surface area contributed by atoms with E-state index in [4.69, 9.17) is 5.11 Å². The minimum atomic E-state index is -1.02. The molecule has 1 aliphatic rings. The summed E-state index contributed by atoms with van der Waals surface area (Å²) in [6.07, 6.45) is 4.94. The molecule has 0 atom stereocenters. The molecule has 0 aromatic carbocycles. The number of rotatable bonds is 3. The average Bonchev–Trinajstić information content (AvgIpc) is 2.72. The number of aromatic nitrogens is 3. The zero-order chi connectivity index (χ0) is 14.1. The van der Waals surface area contributed by atoms with Crippen LogP contribution in [0.15, 0.2) is 23.3 Å². The first-order valence-corrected chi connectivity index (χ1v) is 6.65. The van der Waals surface area contributed by atoms with Crippen LogP contribution in [-0.2, 0) is 11.3 Å². The van der Waals surface area contributed by atoms with Crippen molar-refractivity contribution in [1.82, 2.24) is 19.4 Å². The van der Waals surface area contributed by atoms with Gasteiger partial charge in [0.1, 0.15) is 6.54 Å². The third kappa shape index (κ3) is 2.09. The van der Waals surface area contributed by atoms with E-state index in [1.165, 1.54) is 4.57 Å². The van der Waals surface area contributed by atoms with Gasteiger partial charge in [-0.2, -0.15) is 0 Å². The van der Waals surface area contributed by atoms with Crippen molar-refractivity contribution < 1.29 is 9.90 Å². The Morgan fingerprint density at radius 1 is 1.40 bits per heavy atom. The summed E-state index contributed by atoms with van der Waals surface area (Å²) in [6.45, 7) is 1.41. The monoisotopic (exact) mass is 276 g/mol. The molecule has 20 heavy (non-hydrogen) atoms. The highest BCUT2D eigenvalue weighted by Crippen LogP contribution is 2.22. The van der Waals surface area contributed by atoms with Gasteiger partial charge in [0.05, 0.1) is 17.2 Å². The number of pyridine rings is 1. The van der Waals surface area contributed by atoms with E-state index in [2.05, 4.69) is 10.3 Å². The van der Waals surface area contributed by atoms with E-state index in [1.807, 2.05) is 0 Å². The summed E-state index contributed by atoms with van der Waals surface area (Å²) in [5.41, 5.74) is 1.08. The van der Waals surface area contributed by atoms with Crippen molar-refractivity contribution in [3.63, 3.8) is 0 Å². The van der Waals surface area contributed by atoms with E-state index in [0.29, 0.717) is 11.0 Å². The Hall–Kier alpha value is -2.15. The molecule has 0 radical (unpaired) electrons. The summed E-state index contributed by atoms with van der Waals surface area (Å²) in [5.74, 6) is -1.02. The Morgan fingerprint density at radius 2 is 2.15 bits per heavy atom. The highest BCUT2D eigenvalue weighted by Gasteiger charge is 2.22. The molecule has 106 valence electrons. The molecule has 2 aromatic rings. The van der Waals surface area contributed by atoms with E-state index in [9.17, 15) is 9.59 Å². The summed E-state index contributed by atoms with van der Waals surface area (Å²) in [5, 5.41) is 12.2. The Kier molecular flexibility index (Phi) is 3.27. The van der Waals surface area contributed by atoms with E-state index >= 15 is 0 Å². The summed E-state index contributed by atoms with van der Waals surface area (Å²) >= 11 is 0. The second-order valence-electron chi connectivity index (χ2n) is 4.98. The van der Waals surface area contributed by atoms with Crippen molar-refractivity contribution >= 4 is 17.0 Å². The van der Waals surface area contributed by atoms with Crippen LogP contribution in [0.2, 0.25) is 0 Å². The Morgan fingerprint density at radius 3 is 2.85 bits per heavy atom. The molecule has 2 aromatic heterocycles. The number of carboxylic acid groups (broad SMARTS) is 1. The molecular formula is C13H16N4O3. The van der Waals surface area contributed by atoms with Gasteiger partial charge in [0, 0.05) is 12.2 Å². The maximum atomic E-state index is 12.5. The predicted octanol–water partition coefficient (Wildman–Crippen LogP) is 0.207. The Balaban J connectivity index is 2.18. The molecule has 3 rings (SSSR count). The van der Waals surface area contributed by atoms with Crippen LogP contribution in [0.5, 0.6) is 0 Å². The fourth-order valence-corrected chi connectivity index (χ4v) is 2.83. The normalized spacial score (nSPS) is 16.6. The lowest BCUT2D eigenvalue weighted by Crippen LogP contribution is -2.35. The first kappa shape index (κ1) is 12.9. The number of nitrogens with zero attached hydrogens (tertiary/aromatic N) is 3. The van der Waals surface area contributed by atoms with Crippen LogP contribution in [0.3, 0.4) is 0 Å². The number of nitrogens with one attached hydrogen (secondary N) is 1. The minimum Gasteiger partial charge on any atom is -0.480 e. The predicted molar refractivity (Wildman–Crippen MR) is 72.8 cm³/mol. The van der Waals surface area contributed by atoms with E-state index in [0.717, 1.165) is 25.9 Å². The van der Waals surface area contributed by atoms with Crippen molar-refractivity contribution in [1.29, 1.82) is 0 Å². The number of imidazole rings is 1. The number of hydrogen-bond acceptors (Lipinski definition) is 4. The minimum absolute atomic E-state index is 0.102. The molecule has 1 saturated heterocycles. The molecule has 0 spiro atoms. The second-order valence-corrected chi connectivity index (χ2v) is 4.98. The smallest absolute Gasteiger partial charge is 0.329 e. The first-order valence-electron chi connectivity index (χ1n) is 6.65. The quantitative estimate of drug-likeness (QED) is 0.836. The molecule has 0 amide bonds. The number of aliphatic carboxylic acids is 1. The number of carbonyl (C=O) groups is 1. The first-order chi connectivity index (χ1) is 9.68. The highest BCUT2D eigenvalue weighted by atomic mass is 16.4. The summed E-state index contributed by atoms with van der Waals surface area (Å²) in [7, 11) is 0. The molecule has 3 heterocycles. The average molecular weight is 276 g/mol. The molecule has 0 bridgehead atoms. The summed E-state index contributed by atoms with van der Waals surface area (Å²) < 4.78 is 3.01. The number of fused-ring (bicyclic) bond motifs is 1. The fraction of sp³-hybridized carbons (Fsp3) is 0.462. The van der Waals surface area contributed by atoms with Gasteiger partial charge in [0.2, 0.25) is 0 Å². The molecule has 0 unspecified atom stereocenters. The van der Waals surface area contributed by atoms with Crippen LogP contribution in [0.25, 0.3) is 11.0 Å². The molecule has 7 nitrogen and oxygen atoms in total. The van der Waals surface area contributed by atoms with Gasteiger partial charge in [0.25, 0.3) is 0 Å². The maximum Gasteiger partial charge on any atom is 0.329 e. The lowest BCUT2D eigenvalue weighted by Gasteiger charge is -2.23. The Bertz CT molecular complexity index is 697. The van der Waals surface area contributed by atoms with Gasteiger partial charge >= 0.3 is 11.7 Å². The van der Waals surface area contributed by atoms with Gasteiger partial charge in [-0.25, -0.2) is 4.79 Å². The van der Waals surface area contributed by atoms with Crippen LogP contribution in [0.4, 0.5) is 0 Å². The topological polar surface area (TPSA) is 89.1 Å². The van der Waals surface area contributed by atoms with Crippen molar-refractivity contribution in [3.05, 3.63) is 28.9 Å². The van der Waals surface area contributed by atoms with Gasteiger partial charge in [-0.15, -0.1) is 0 Å². The van der Waals surface area contributed by atoms with Gasteiger partial charge in [-0.1, -0.05) is 0 Å². The van der Waals surface area contributed by atoms with Crippen LogP contribution < -0.4 is 11.0 Å². The maximum absolute atomic E-state index is 12.5. The van der Waals surface area contributed by atoms with Crippen molar-refractivity contribution in [2.24, 2.45) is 0 Å². The van der Waals surface area contributed by atoms with Crippen molar-refractivity contribution in [3.8, 4) is 0 Å². The van der Waals surface area contributed by atoms with Crippen LogP contribution >= 0.6 is 0 Å². The zero-order valence-electron chi connectivity index (χ0n) is 11.0. The third-order valence-electron chi connectivity index (χ3n) is 3.73. The van der Waals surface area contributed by atoms with E-state index < -0.39 is 5.97 Å². The Labute approximate surface area is 114 Å². The number of carboxylic acids is 1. The molecular weight excluding hydrogens is 260 g/mol. The lowest BCUT2D eigenvalue weighted by atomic mass is 10.1. The highest BCUT2D eigenvalue weighted by molar-refractivity contribution is 5.77. The van der Waals surface area contributed by atoms with Gasteiger partial charge in [0.15, 0.2) is 0 Å². The zero-order valence-corrected chi connectivity index (χ0v) is 11.0. The third-order valence-corrected chi connectivity index (χ3v) is 3.73. The lowest BCUT2D eigenvalue weighted by molar-refractivity contribution is -0.137. The molecule has 7 heteroatoms. The van der Waals surface area contributed by atoms with Crippen molar-refractivity contribution in [2.45, 2.75) is 25.4 Å². The molecule has 1 aliphatic heterocycles. The number of piperidine rings is 1. The van der Waals surface area contributed by atoms with E-state index in [-0.39, 0.29) is 18.3 Å². The van der Waals surface area contributed by atoms with Crippen molar-refractivity contribution in [2.75, 3.05) is 13.1 Å². The van der Waals surface area contributed by atoms with Gasteiger partial charge in [-0.05, 0) is 32.0 Å². The molecule has 0 aliphatic carbocycles. The molecule has 1 fully saturated rings. The second kappa shape index (κ2) is 5.09. The van der Waals surface area contributed by atoms with Gasteiger partial charge < -0.3 is 10.4 Å². The summed E-state index contributed by atoms with van der Waals surface area (Å²) in [6, 6.07) is 1.79. The van der Waals surface area contributed by atoms with Crippen LogP contribution in [-0.4, -0.2) is 38.3 Å².